The standard InChI is InChI=1S/C25H26N2O3/c1-18-9-12-24(15-19(18)2)30-20(3)25(28)27-26-16-21-10-13-23(14-11-21)29-17-22-7-5-4-6-8-22/h4-16,20H,17H2,1-3H3,(H,27,28)/b26-16+. The van der Waals surface area contributed by atoms with Gasteiger partial charge < -0.3 is 9.47 Å². The molecule has 0 bridgehead atoms. The van der Waals surface area contributed by atoms with Crippen LogP contribution in [0.4, 0.5) is 0 Å². The monoisotopic (exact) mass is 402 g/mol. The van der Waals surface area contributed by atoms with Gasteiger partial charge in [0, 0.05) is 0 Å². The Balaban J connectivity index is 1.46. The minimum Gasteiger partial charge on any atom is -0.489 e. The molecule has 5 nitrogen and oxygen atoms in total. The predicted molar refractivity (Wildman–Crippen MR) is 119 cm³/mol. The summed E-state index contributed by atoms with van der Waals surface area (Å²) in [5, 5.41) is 4.01. The molecule has 154 valence electrons. The quantitative estimate of drug-likeness (QED) is 0.435. The van der Waals surface area contributed by atoms with Crippen LogP contribution in [-0.2, 0) is 11.4 Å². The first kappa shape index (κ1) is 21.1. The molecule has 5 heteroatoms. The molecule has 3 aromatic carbocycles. The van der Waals surface area contributed by atoms with E-state index in [2.05, 4.69) is 10.5 Å². The number of hydrogen-bond acceptors (Lipinski definition) is 4. The van der Waals surface area contributed by atoms with Crippen molar-refractivity contribution < 1.29 is 14.3 Å². The van der Waals surface area contributed by atoms with Gasteiger partial charge in [0.25, 0.3) is 5.91 Å². The van der Waals surface area contributed by atoms with Crippen molar-refractivity contribution in [1.29, 1.82) is 0 Å². The summed E-state index contributed by atoms with van der Waals surface area (Å²) in [6, 6.07) is 23.3. The molecule has 0 heterocycles. The largest absolute Gasteiger partial charge is 0.489 e. The van der Waals surface area contributed by atoms with Gasteiger partial charge in [-0.3, -0.25) is 4.79 Å². The molecular weight excluding hydrogens is 376 g/mol. The molecule has 0 aromatic heterocycles. The molecule has 0 aliphatic rings. The van der Waals surface area contributed by atoms with Gasteiger partial charge >= 0.3 is 0 Å². The highest BCUT2D eigenvalue weighted by molar-refractivity contribution is 5.84. The van der Waals surface area contributed by atoms with E-state index in [-0.39, 0.29) is 5.91 Å². The predicted octanol–water partition coefficient (Wildman–Crippen LogP) is 4.80. The highest BCUT2D eigenvalue weighted by Gasteiger charge is 2.14. The van der Waals surface area contributed by atoms with Crippen molar-refractivity contribution >= 4 is 12.1 Å². The lowest BCUT2D eigenvalue weighted by Crippen LogP contribution is -2.33. The number of nitrogens with zero attached hydrogens (tertiary/aromatic N) is 1. The summed E-state index contributed by atoms with van der Waals surface area (Å²) in [4.78, 5) is 12.2. The molecule has 0 saturated heterocycles. The van der Waals surface area contributed by atoms with Crippen LogP contribution in [0.25, 0.3) is 0 Å². The lowest BCUT2D eigenvalue weighted by molar-refractivity contribution is -0.127. The van der Waals surface area contributed by atoms with Gasteiger partial charge in [-0.1, -0.05) is 36.4 Å². The van der Waals surface area contributed by atoms with Crippen LogP contribution in [0.15, 0.2) is 77.9 Å². The first-order chi connectivity index (χ1) is 14.5. The second-order valence-corrected chi connectivity index (χ2v) is 7.08. The van der Waals surface area contributed by atoms with E-state index in [4.69, 9.17) is 9.47 Å². The second kappa shape index (κ2) is 10.3. The highest BCUT2D eigenvalue weighted by Crippen LogP contribution is 2.18. The highest BCUT2D eigenvalue weighted by atomic mass is 16.5. The van der Waals surface area contributed by atoms with Crippen molar-refractivity contribution in [2.45, 2.75) is 33.5 Å². The van der Waals surface area contributed by atoms with Crippen molar-refractivity contribution in [2.75, 3.05) is 0 Å². The molecule has 3 rings (SSSR count). The minimum atomic E-state index is -0.655. The van der Waals surface area contributed by atoms with E-state index >= 15 is 0 Å². The van der Waals surface area contributed by atoms with Gasteiger partial charge in [-0.25, -0.2) is 5.43 Å². The maximum Gasteiger partial charge on any atom is 0.280 e. The number of rotatable bonds is 8. The maximum atomic E-state index is 12.2. The molecule has 3 aromatic rings. The normalized spacial score (nSPS) is 11.8. The molecule has 0 aliphatic heterocycles. The average molecular weight is 402 g/mol. The van der Waals surface area contributed by atoms with Gasteiger partial charge in [0.15, 0.2) is 6.10 Å². The lowest BCUT2D eigenvalue weighted by Gasteiger charge is -2.14. The first-order valence-corrected chi connectivity index (χ1v) is 9.85. The Morgan fingerprint density at radius 3 is 2.37 bits per heavy atom. The van der Waals surface area contributed by atoms with E-state index in [9.17, 15) is 4.79 Å². The van der Waals surface area contributed by atoms with Gasteiger partial charge in [0.2, 0.25) is 0 Å². The number of benzene rings is 3. The SMILES string of the molecule is Cc1ccc(OC(C)C(=O)N/N=C/c2ccc(OCc3ccccc3)cc2)cc1C. The van der Waals surface area contributed by atoms with Gasteiger partial charge in [-0.15, -0.1) is 0 Å². The number of carbonyl (C=O) groups is 1. The Hall–Kier alpha value is -3.60. The Morgan fingerprint density at radius 2 is 1.67 bits per heavy atom. The Kier molecular flexibility index (Phi) is 7.22. The maximum absolute atomic E-state index is 12.2. The molecular formula is C25H26N2O3. The van der Waals surface area contributed by atoms with E-state index < -0.39 is 6.10 Å². The fraction of sp³-hybridized carbons (Fsp3) is 0.200. The second-order valence-electron chi connectivity index (χ2n) is 7.08. The topological polar surface area (TPSA) is 59.9 Å². The first-order valence-electron chi connectivity index (χ1n) is 9.85. The van der Waals surface area contributed by atoms with Crippen LogP contribution in [0.2, 0.25) is 0 Å². The summed E-state index contributed by atoms with van der Waals surface area (Å²) in [7, 11) is 0. The Morgan fingerprint density at radius 1 is 0.967 bits per heavy atom. The van der Waals surface area contributed by atoms with Gasteiger partial charge in [0.1, 0.15) is 18.1 Å². The zero-order valence-corrected chi connectivity index (χ0v) is 17.5. The summed E-state index contributed by atoms with van der Waals surface area (Å²) in [5.41, 5.74) is 6.78. The molecule has 0 saturated carbocycles. The van der Waals surface area contributed by atoms with Crippen molar-refractivity contribution in [3.05, 3.63) is 95.1 Å². The van der Waals surface area contributed by atoms with Crippen molar-refractivity contribution in [2.24, 2.45) is 5.10 Å². The molecule has 0 spiro atoms. The number of ether oxygens (including phenoxy) is 2. The van der Waals surface area contributed by atoms with E-state index in [1.54, 1.807) is 13.1 Å². The molecule has 0 aliphatic carbocycles. The Bertz CT molecular complexity index is 999. The average Bonchev–Trinajstić information content (AvgIpc) is 2.76. The van der Waals surface area contributed by atoms with E-state index in [1.807, 2.05) is 86.6 Å². The fourth-order valence-corrected chi connectivity index (χ4v) is 2.70. The molecule has 0 radical (unpaired) electrons. The van der Waals surface area contributed by atoms with Crippen molar-refractivity contribution in [3.63, 3.8) is 0 Å². The van der Waals surface area contributed by atoms with Crippen molar-refractivity contribution in [3.8, 4) is 11.5 Å². The number of aryl methyl sites for hydroxylation is 2. The number of hydrazone groups is 1. The van der Waals surface area contributed by atoms with Crippen LogP contribution in [-0.4, -0.2) is 18.2 Å². The molecule has 0 fully saturated rings. The van der Waals surface area contributed by atoms with Gasteiger partial charge in [-0.05, 0) is 79.4 Å². The smallest absolute Gasteiger partial charge is 0.280 e. The summed E-state index contributed by atoms with van der Waals surface area (Å²) >= 11 is 0. The van der Waals surface area contributed by atoms with Crippen LogP contribution in [0.3, 0.4) is 0 Å². The lowest BCUT2D eigenvalue weighted by atomic mass is 10.1. The van der Waals surface area contributed by atoms with Gasteiger partial charge in [0.05, 0.1) is 6.21 Å². The summed E-state index contributed by atoms with van der Waals surface area (Å²) in [5.74, 6) is 1.12. The molecule has 1 unspecified atom stereocenters. The summed E-state index contributed by atoms with van der Waals surface area (Å²) < 4.78 is 11.5. The Labute approximate surface area is 177 Å². The minimum absolute atomic E-state index is 0.313. The number of carbonyl (C=O) groups excluding carboxylic acids is 1. The molecule has 1 amide bonds. The third-order valence-corrected chi connectivity index (χ3v) is 4.68. The zero-order chi connectivity index (χ0) is 21.3. The van der Waals surface area contributed by atoms with Crippen LogP contribution in [0.5, 0.6) is 11.5 Å². The molecule has 30 heavy (non-hydrogen) atoms. The van der Waals surface area contributed by atoms with Crippen LogP contribution < -0.4 is 14.9 Å². The van der Waals surface area contributed by atoms with Crippen LogP contribution >= 0.6 is 0 Å². The fourth-order valence-electron chi connectivity index (χ4n) is 2.70. The van der Waals surface area contributed by atoms with Gasteiger partial charge in [-0.2, -0.15) is 5.10 Å². The van der Waals surface area contributed by atoms with E-state index in [0.717, 1.165) is 22.4 Å². The number of amides is 1. The third kappa shape index (κ3) is 6.21. The van der Waals surface area contributed by atoms with Crippen LogP contribution in [0.1, 0.15) is 29.2 Å². The number of hydrogen-bond donors (Lipinski definition) is 1. The molecule has 1 N–H and O–H groups in total. The zero-order valence-electron chi connectivity index (χ0n) is 17.5. The summed E-state index contributed by atoms with van der Waals surface area (Å²) in [6.07, 6.45) is 0.930. The van der Waals surface area contributed by atoms with Crippen LogP contribution in [0, 0.1) is 13.8 Å². The van der Waals surface area contributed by atoms with E-state index in [0.29, 0.717) is 12.4 Å². The number of nitrogens with one attached hydrogen (secondary N) is 1. The third-order valence-electron chi connectivity index (χ3n) is 4.68. The summed E-state index contributed by atoms with van der Waals surface area (Å²) in [6.45, 7) is 6.25. The van der Waals surface area contributed by atoms with E-state index in [1.165, 1.54) is 5.56 Å². The van der Waals surface area contributed by atoms with Crippen molar-refractivity contribution in [1.82, 2.24) is 5.43 Å². The molecule has 1 atom stereocenters.